The normalized spacial score (nSPS) is 34.0. The zero-order valence-electron chi connectivity index (χ0n) is 11.1. The van der Waals surface area contributed by atoms with E-state index in [2.05, 4.69) is 26.1 Å². The molecule has 0 aliphatic carbocycles. The lowest BCUT2D eigenvalue weighted by atomic mass is 9.98. The number of amides is 1. The Morgan fingerprint density at radius 3 is 2.94 bits per heavy atom. The number of nitrogens with zero attached hydrogens (tertiary/aromatic N) is 1. The summed E-state index contributed by atoms with van der Waals surface area (Å²) in [5.41, 5.74) is 0. The van der Waals surface area contributed by atoms with E-state index in [0.717, 1.165) is 26.0 Å². The molecule has 2 saturated heterocycles. The monoisotopic (exact) mass is 240 g/mol. The molecule has 4 heteroatoms. The summed E-state index contributed by atoms with van der Waals surface area (Å²) in [5.74, 6) is 1.22. The van der Waals surface area contributed by atoms with E-state index < -0.39 is 0 Å². The summed E-state index contributed by atoms with van der Waals surface area (Å²) < 4.78 is 5.70. The highest BCUT2D eigenvalue weighted by molar-refractivity contribution is 5.80. The quantitative estimate of drug-likeness (QED) is 0.803. The van der Waals surface area contributed by atoms with Crippen LogP contribution in [0.15, 0.2) is 0 Å². The van der Waals surface area contributed by atoms with Crippen molar-refractivity contribution in [1.29, 1.82) is 0 Å². The molecule has 17 heavy (non-hydrogen) atoms. The Morgan fingerprint density at radius 2 is 2.29 bits per heavy atom. The van der Waals surface area contributed by atoms with Crippen molar-refractivity contribution in [2.75, 3.05) is 19.7 Å². The average Bonchev–Trinajstić information content (AvgIpc) is 2.87. The summed E-state index contributed by atoms with van der Waals surface area (Å²) in [6.07, 6.45) is 2.69. The fourth-order valence-electron chi connectivity index (χ4n) is 2.98. The first kappa shape index (κ1) is 12.8. The Morgan fingerprint density at radius 1 is 1.53 bits per heavy atom. The summed E-state index contributed by atoms with van der Waals surface area (Å²) in [4.78, 5) is 13.9. The van der Waals surface area contributed by atoms with Gasteiger partial charge in [0.25, 0.3) is 0 Å². The molecule has 0 aromatic heterocycles. The number of hydrogen-bond donors (Lipinski definition) is 1. The van der Waals surface area contributed by atoms with Crippen LogP contribution in [0.25, 0.3) is 0 Å². The lowest BCUT2D eigenvalue weighted by molar-refractivity contribution is -0.129. The van der Waals surface area contributed by atoms with Crippen LogP contribution in [-0.2, 0) is 9.53 Å². The molecule has 0 spiro atoms. The van der Waals surface area contributed by atoms with Crippen molar-refractivity contribution in [3.05, 3.63) is 0 Å². The van der Waals surface area contributed by atoms with Crippen molar-refractivity contribution in [1.82, 2.24) is 10.2 Å². The summed E-state index contributed by atoms with van der Waals surface area (Å²) in [6, 6.07) is 0. The van der Waals surface area contributed by atoms with Gasteiger partial charge in [-0.2, -0.15) is 0 Å². The highest BCUT2D eigenvalue weighted by Gasteiger charge is 2.37. The van der Waals surface area contributed by atoms with E-state index in [9.17, 15) is 4.79 Å². The van der Waals surface area contributed by atoms with Crippen molar-refractivity contribution < 1.29 is 9.53 Å². The van der Waals surface area contributed by atoms with E-state index in [1.165, 1.54) is 0 Å². The first-order valence-corrected chi connectivity index (χ1v) is 6.78. The number of nitrogens with one attached hydrogen (secondary N) is 1. The second-order valence-electron chi connectivity index (χ2n) is 5.48. The maximum Gasteiger partial charge on any atom is 0.237 e. The van der Waals surface area contributed by atoms with Gasteiger partial charge in [-0.05, 0) is 18.8 Å². The molecule has 4 nitrogen and oxygen atoms in total. The Labute approximate surface area is 104 Å². The van der Waals surface area contributed by atoms with Gasteiger partial charge in [0.15, 0.2) is 0 Å². The Kier molecular flexibility index (Phi) is 4.05. The minimum absolute atomic E-state index is 0.209. The van der Waals surface area contributed by atoms with Crippen molar-refractivity contribution in [3.63, 3.8) is 0 Å². The lowest BCUT2D eigenvalue weighted by Gasteiger charge is -2.30. The second kappa shape index (κ2) is 5.36. The average molecular weight is 240 g/mol. The van der Waals surface area contributed by atoms with Crippen LogP contribution in [0.4, 0.5) is 0 Å². The van der Waals surface area contributed by atoms with Crippen LogP contribution in [0.5, 0.6) is 0 Å². The fourth-order valence-corrected chi connectivity index (χ4v) is 2.98. The molecule has 3 unspecified atom stereocenters. The van der Waals surface area contributed by atoms with Gasteiger partial charge in [-0.15, -0.1) is 0 Å². The summed E-state index contributed by atoms with van der Waals surface area (Å²) in [7, 11) is 0. The standard InChI is InChI=1S/C13H24N2O2/c1-4-11-10(5-6-17-11)8-15-12(16)7-14-13(15)9(2)3/h9-11,13-14H,4-8H2,1-3H3. The molecule has 0 aromatic rings. The minimum atomic E-state index is 0.209. The zero-order chi connectivity index (χ0) is 12.4. The number of carbonyl (C=O) groups is 1. The largest absolute Gasteiger partial charge is 0.378 e. The SMILES string of the molecule is CCC1OCCC1CN1C(=O)CNC1C(C)C. The molecular weight excluding hydrogens is 216 g/mol. The van der Waals surface area contributed by atoms with E-state index in [1.54, 1.807) is 0 Å². The maximum atomic E-state index is 11.9. The van der Waals surface area contributed by atoms with E-state index >= 15 is 0 Å². The third-order valence-corrected chi connectivity index (χ3v) is 3.93. The fraction of sp³-hybridized carbons (Fsp3) is 0.923. The Balaban J connectivity index is 1.98. The number of rotatable bonds is 4. The molecule has 1 amide bonds. The molecule has 0 radical (unpaired) electrons. The van der Waals surface area contributed by atoms with Crippen LogP contribution < -0.4 is 5.32 Å². The summed E-state index contributed by atoms with van der Waals surface area (Å²) in [6.45, 7) is 8.68. The highest BCUT2D eigenvalue weighted by Crippen LogP contribution is 2.26. The third kappa shape index (κ3) is 2.63. The van der Waals surface area contributed by atoms with Gasteiger partial charge in [0.2, 0.25) is 5.91 Å². The first-order chi connectivity index (χ1) is 8.13. The number of hydrogen-bond acceptors (Lipinski definition) is 3. The highest BCUT2D eigenvalue weighted by atomic mass is 16.5. The molecule has 98 valence electrons. The topological polar surface area (TPSA) is 41.6 Å². The molecule has 0 saturated carbocycles. The van der Waals surface area contributed by atoms with Crippen molar-refractivity contribution in [2.24, 2.45) is 11.8 Å². The van der Waals surface area contributed by atoms with Gasteiger partial charge in [-0.25, -0.2) is 0 Å². The molecule has 2 fully saturated rings. The van der Waals surface area contributed by atoms with E-state index in [0.29, 0.717) is 24.5 Å². The molecule has 2 heterocycles. The van der Waals surface area contributed by atoms with Gasteiger partial charge in [0, 0.05) is 19.1 Å². The van der Waals surface area contributed by atoms with Gasteiger partial charge >= 0.3 is 0 Å². The third-order valence-electron chi connectivity index (χ3n) is 3.93. The number of carbonyl (C=O) groups excluding carboxylic acids is 1. The summed E-state index contributed by atoms with van der Waals surface area (Å²) in [5, 5.41) is 3.30. The van der Waals surface area contributed by atoms with Crippen LogP contribution in [0.1, 0.15) is 33.6 Å². The second-order valence-corrected chi connectivity index (χ2v) is 5.48. The molecule has 0 bridgehead atoms. The van der Waals surface area contributed by atoms with Gasteiger partial charge in [0.05, 0.1) is 18.8 Å². The van der Waals surface area contributed by atoms with Gasteiger partial charge < -0.3 is 9.64 Å². The van der Waals surface area contributed by atoms with Crippen LogP contribution >= 0.6 is 0 Å². The molecule has 1 N–H and O–H groups in total. The maximum absolute atomic E-state index is 11.9. The van der Waals surface area contributed by atoms with Crippen molar-refractivity contribution in [3.8, 4) is 0 Å². The molecule has 0 aromatic carbocycles. The van der Waals surface area contributed by atoms with E-state index in [-0.39, 0.29) is 12.1 Å². The molecule has 2 aliphatic heterocycles. The minimum Gasteiger partial charge on any atom is -0.378 e. The molecule has 2 aliphatic rings. The first-order valence-electron chi connectivity index (χ1n) is 6.78. The van der Waals surface area contributed by atoms with E-state index in [1.807, 2.05) is 4.90 Å². The van der Waals surface area contributed by atoms with Gasteiger partial charge in [0.1, 0.15) is 0 Å². The molecule has 2 rings (SSSR count). The van der Waals surface area contributed by atoms with Crippen molar-refractivity contribution in [2.45, 2.75) is 45.9 Å². The number of ether oxygens (including phenoxy) is 1. The van der Waals surface area contributed by atoms with Gasteiger partial charge in [-0.3, -0.25) is 10.1 Å². The van der Waals surface area contributed by atoms with Crippen LogP contribution in [0, 0.1) is 11.8 Å². The predicted octanol–water partition coefficient (Wildman–Crippen LogP) is 1.22. The summed E-state index contributed by atoms with van der Waals surface area (Å²) >= 11 is 0. The van der Waals surface area contributed by atoms with Crippen LogP contribution in [0.3, 0.4) is 0 Å². The molecule has 3 atom stereocenters. The van der Waals surface area contributed by atoms with Crippen LogP contribution in [-0.4, -0.2) is 42.8 Å². The predicted molar refractivity (Wildman–Crippen MR) is 66.5 cm³/mol. The Bertz CT molecular complexity index is 281. The van der Waals surface area contributed by atoms with E-state index in [4.69, 9.17) is 4.74 Å². The van der Waals surface area contributed by atoms with Gasteiger partial charge in [-0.1, -0.05) is 20.8 Å². The lowest BCUT2D eigenvalue weighted by Crippen LogP contribution is -2.44. The Hall–Kier alpha value is -0.610. The smallest absolute Gasteiger partial charge is 0.237 e. The van der Waals surface area contributed by atoms with Crippen molar-refractivity contribution >= 4 is 5.91 Å². The molecular formula is C13H24N2O2. The van der Waals surface area contributed by atoms with Crippen LogP contribution in [0.2, 0.25) is 0 Å². The zero-order valence-corrected chi connectivity index (χ0v) is 11.1.